The van der Waals surface area contributed by atoms with E-state index in [1.807, 2.05) is 13.8 Å². The number of benzene rings is 1. The Morgan fingerprint density at radius 3 is 1.69 bits per heavy atom. The number of likely N-dealkylation sites (tertiary alicyclic amines) is 1. The second-order valence-electron chi connectivity index (χ2n) is 30.2. The Morgan fingerprint density at radius 1 is 0.610 bits per heavy atom. The predicted molar refractivity (Wildman–Crippen MR) is 395 cm³/mol. The molecule has 0 bridgehead atoms. The molecule has 0 unspecified atom stereocenters. The molecule has 0 spiro atoms. The number of carbonyl (C=O) groups excluding carboxylic acids is 14. The molecule has 0 radical (unpaired) electrons. The van der Waals surface area contributed by atoms with Gasteiger partial charge in [0, 0.05) is 19.4 Å². The number of hydrogen-bond acceptors (Lipinski definition) is 17. The molecule has 0 saturated carbocycles. The van der Waals surface area contributed by atoms with Crippen LogP contribution in [-0.4, -0.2) is 191 Å². The molecule has 2 aliphatic heterocycles. The lowest BCUT2D eigenvalue weighted by Gasteiger charge is -2.33. The van der Waals surface area contributed by atoms with Gasteiger partial charge < -0.3 is 84.3 Å². The van der Waals surface area contributed by atoms with Gasteiger partial charge in [0.25, 0.3) is 5.91 Å². The molecule has 1 aromatic rings. The number of esters is 1. The van der Waals surface area contributed by atoms with Crippen LogP contribution in [0.15, 0.2) is 42.1 Å². The van der Waals surface area contributed by atoms with E-state index in [0.29, 0.717) is 30.7 Å². The number of aliphatic hydroxyl groups excluding tert-OH is 1. The molecule has 3 rings (SSSR count). The zero-order valence-electron chi connectivity index (χ0n) is 65.2. The number of rotatable bonds is 33. The summed E-state index contributed by atoms with van der Waals surface area (Å²) in [6, 6.07) is -7.67. The van der Waals surface area contributed by atoms with Crippen molar-refractivity contribution < 1.29 is 77.0 Å². The van der Waals surface area contributed by atoms with Gasteiger partial charge in [0.05, 0.1) is 6.10 Å². The lowest BCUT2D eigenvalue weighted by atomic mass is 9.95. The Kier molecular flexibility index (Phi) is 37.8. The number of nitrogens with two attached hydrogens (primary N) is 1. The number of aliphatic hydroxyl groups is 1. The standard InChI is InChI=1S/C75H124N14O16/c1-20-44(16)59(71(100)88-62-47(19)105-75(104)58(43(14)15)84-63(92)49(22-3)77-65(94)51(37-48-30-24-23-25-31-48)79-67(96)55(40(8)9)81-70(99)60(45(17)21-2)86-73(62)102)85-64(93)50(32-27-35-76)78-66(95)52-33-28-36-89(52)74(103)57(42(12)13)83-69(98)56(41(10)11)82-72(101)61(46(18)90)87-68(97)54(39(6)7)80-53(91)34-26-29-38(4)5/h22-25,30-31,38-47,50-52,54-62,90H,20-21,26-29,32-37,76H2,1-19H3,(H,77,94)(H,78,95)(H,79,96)(H,80,91)(H,81,99)(H,82,101)(H,83,98)(H,84,92)(H,85,93)(H,86,102)(H,87,97)(H,88,100)/b49-22-/t44-,45-,46-,47+,50+,51+,52-,54-,55-,56+,57-,58+,59-,60-,61-,62-/m1/s1. The first kappa shape index (κ1) is 90.7. The Labute approximate surface area is 620 Å². The first-order chi connectivity index (χ1) is 49.2. The monoisotopic (exact) mass is 1480 g/mol. The summed E-state index contributed by atoms with van der Waals surface area (Å²) in [6.07, 6.45) is 1.02. The first-order valence-electron chi connectivity index (χ1n) is 37.5. The molecule has 2 aliphatic rings. The Morgan fingerprint density at radius 2 is 1.15 bits per heavy atom. The maximum absolute atomic E-state index is 15.0. The third-order valence-corrected chi connectivity index (χ3v) is 19.3. The molecule has 16 atom stereocenters. The molecule has 0 aromatic heterocycles. The molecule has 2 heterocycles. The molecular formula is C75H124N14O16. The summed E-state index contributed by atoms with van der Waals surface area (Å²) >= 11 is 0. The van der Waals surface area contributed by atoms with Crippen LogP contribution in [-0.2, 0) is 78.3 Å². The minimum absolute atomic E-state index is 0.0355. The van der Waals surface area contributed by atoms with Crippen molar-refractivity contribution in [2.45, 2.75) is 280 Å². The molecule has 13 amide bonds. The topological polar surface area (TPSA) is 442 Å². The number of allylic oxidation sites excluding steroid dienone is 1. The van der Waals surface area contributed by atoms with Crippen LogP contribution in [0.5, 0.6) is 0 Å². The molecule has 1 aromatic carbocycles. The number of hydrogen-bond donors (Lipinski definition) is 14. The third-order valence-electron chi connectivity index (χ3n) is 19.3. The molecule has 590 valence electrons. The normalized spacial score (nSPS) is 22.6. The first-order valence-corrected chi connectivity index (χ1v) is 37.5. The van der Waals surface area contributed by atoms with Gasteiger partial charge in [-0.05, 0) is 112 Å². The van der Waals surface area contributed by atoms with E-state index in [4.69, 9.17) is 10.5 Å². The van der Waals surface area contributed by atoms with Crippen LogP contribution >= 0.6 is 0 Å². The van der Waals surface area contributed by atoms with Gasteiger partial charge >= 0.3 is 5.97 Å². The van der Waals surface area contributed by atoms with Gasteiger partial charge in [-0.1, -0.05) is 166 Å². The van der Waals surface area contributed by atoms with Crippen LogP contribution in [0.2, 0.25) is 0 Å². The zero-order valence-corrected chi connectivity index (χ0v) is 65.2. The third kappa shape index (κ3) is 27.7. The van der Waals surface area contributed by atoms with Crippen LogP contribution in [0.25, 0.3) is 0 Å². The van der Waals surface area contributed by atoms with E-state index in [2.05, 4.69) is 63.8 Å². The fraction of sp³-hybridized carbons (Fsp3) is 0.707. The summed E-state index contributed by atoms with van der Waals surface area (Å²) in [7, 11) is 0. The minimum Gasteiger partial charge on any atom is -0.458 e. The number of cyclic esters (lactones) is 1. The van der Waals surface area contributed by atoms with Crippen molar-refractivity contribution in [3.05, 3.63) is 47.7 Å². The van der Waals surface area contributed by atoms with Crippen molar-refractivity contribution in [3.8, 4) is 0 Å². The molecule has 2 fully saturated rings. The quantitative estimate of drug-likeness (QED) is 0.0353. The number of carbonyl (C=O) groups is 14. The maximum Gasteiger partial charge on any atom is 0.329 e. The van der Waals surface area contributed by atoms with E-state index in [9.17, 15) is 62.6 Å². The summed E-state index contributed by atoms with van der Waals surface area (Å²) in [5.41, 5.74) is 6.34. The van der Waals surface area contributed by atoms with Crippen molar-refractivity contribution >= 4 is 82.8 Å². The maximum atomic E-state index is 15.0. The van der Waals surface area contributed by atoms with E-state index in [1.165, 1.54) is 31.7 Å². The lowest BCUT2D eigenvalue weighted by molar-refractivity contribution is -0.157. The highest BCUT2D eigenvalue weighted by molar-refractivity contribution is 6.03. The highest BCUT2D eigenvalue weighted by Crippen LogP contribution is 2.23. The highest BCUT2D eigenvalue weighted by atomic mass is 16.5. The van der Waals surface area contributed by atoms with E-state index in [-0.39, 0.29) is 63.2 Å². The Bertz CT molecular complexity index is 3160. The van der Waals surface area contributed by atoms with E-state index in [0.717, 1.165) is 6.42 Å². The van der Waals surface area contributed by atoms with Gasteiger partial charge in [-0.3, -0.25) is 62.3 Å². The molecule has 30 heteroatoms. The molecule has 0 aliphatic carbocycles. The minimum atomic E-state index is -1.83. The van der Waals surface area contributed by atoms with Crippen LogP contribution in [0.3, 0.4) is 0 Å². The van der Waals surface area contributed by atoms with Gasteiger partial charge in [0.15, 0.2) is 0 Å². The number of amides is 13. The van der Waals surface area contributed by atoms with Gasteiger partial charge in [-0.15, -0.1) is 0 Å². The molecule has 15 N–H and O–H groups in total. The van der Waals surface area contributed by atoms with Crippen molar-refractivity contribution in [1.29, 1.82) is 0 Å². The average Bonchev–Trinajstić information content (AvgIpc) is 1.79. The SMILES string of the molecule is C/C=C1\NC(=O)[C@H](Cc2ccccc2)NC(=O)[C@@H](C(C)C)NC(=O)[C@@H]([C@H](C)CC)NC(=O)[C@H](NC(=O)[C@H](NC(=O)[C@H](CCCN)NC(=O)[C@H]2CCCN2C(=O)[C@H](NC(=O)[C@@H](NC(=O)[C@H](NC(=O)[C@H](NC(=O)CCCC(C)C)C(C)C)[C@@H](C)O)C(C)C)C(C)C)[C@H](C)CC)[C@H](C)OC(=O)[C@H](C(C)C)NC1=O. The van der Waals surface area contributed by atoms with Gasteiger partial charge in [-0.25, -0.2) is 4.79 Å². The van der Waals surface area contributed by atoms with E-state index < -0.39 is 203 Å². The second kappa shape index (κ2) is 43.8. The van der Waals surface area contributed by atoms with Crippen molar-refractivity contribution in [2.24, 2.45) is 53.1 Å². The van der Waals surface area contributed by atoms with Gasteiger partial charge in [0.1, 0.15) is 84.3 Å². The van der Waals surface area contributed by atoms with Gasteiger partial charge in [0.2, 0.25) is 70.9 Å². The summed E-state index contributed by atoms with van der Waals surface area (Å²) in [6.45, 7) is 31.8. The van der Waals surface area contributed by atoms with Crippen LogP contribution < -0.4 is 69.5 Å². The number of nitrogens with zero attached hydrogens (tertiary/aromatic N) is 1. The van der Waals surface area contributed by atoms with Gasteiger partial charge in [-0.2, -0.15) is 0 Å². The largest absolute Gasteiger partial charge is 0.458 e. The van der Waals surface area contributed by atoms with Crippen LogP contribution in [0.4, 0.5) is 0 Å². The van der Waals surface area contributed by atoms with E-state index >= 15 is 9.59 Å². The highest BCUT2D eigenvalue weighted by Gasteiger charge is 2.44. The molecular weight excluding hydrogens is 1350 g/mol. The van der Waals surface area contributed by atoms with Crippen LogP contribution in [0.1, 0.15) is 195 Å². The van der Waals surface area contributed by atoms with Crippen molar-refractivity contribution in [2.75, 3.05) is 13.1 Å². The lowest BCUT2D eigenvalue weighted by Crippen LogP contribution is -2.64. The Hall–Kier alpha value is -8.54. The summed E-state index contributed by atoms with van der Waals surface area (Å²) in [5.74, 6) is -15.1. The average molecular weight is 1480 g/mol. The molecule has 2 saturated heterocycles. The zero-order chi connectivity index (χ0) is 79.4. The summed E-state index contributed by atoms with van der Waals surface area (Å²) in [4.78, 5) is 202. The second-order valence-corrected chi connectivity index (χ2v) is 30.2. The Balaban J connectivity index is 2.00. The fourth-order valence-electron chi connectivity index (χ4n) is 12.1. The smallest absolute Gasteiger partial charge is 0.329 e. The number of ether oxygens (including phenoxy) is 1. The van der Waals surface area contributed by atoms with Crippen LogP contribution in [0, 0.1) is 47.3 Å². The predicted octanol–water partition coefficient (Wildman–Crippen LogP) is 1.84. The summed E-state index contributed by atoms with van der Waals surface area (Å²) < 4.78 is 5.96. The van der Waals surface area contributed by atoms with E-state index in [1.54, 1.807) is 127 Å². The number of nitrogens with one attached hydrogen (secondary N) is 12. The fourth-order valence-corrected chi connectivity index (χ4v) is 12.1. The molecule has 30 nitrogen and oxygen atoms in total. The van der Waals surface area contributed by atoms with Crippen molar-refractivity contribution in [1.82, 2.24) is 68.7 Å². The molecule has 105 heavy (non-hydrogen) atoms. The summed E-state index contributed by atoms with van der Waals surface area (Å²) in [5, 5.41) is 43.2. The van der Waals surface area contributed by atoms with Crippen molar-refractivity contribution in [3.63, 3.8) is 0 Å².